The van der Waals surface area contributed by atoms with Crippen LogP contribution in [0.3, 0.4) is 0 Å². The van der Waals surface area contributed by atoms with Crippen LogP contribution in [0, 0.1) is 15.5 Å². The van der Waals surface area contributed by atoms with E-state index in [0.717, 1.165) is 5.75 Å². The first-order chi connectivity index (χ1) is 6.15. The topological polar surface area (TPSA) is 25.8 Å². The molecule has 0 saturated heterocycles. The van der Waals surface area contributed by atoms with Gasteiger partial charge in [-0.15, -0.1) is 0 Å². The summed E-state index contributed by atoms with van der Waals surface area (Å²) >= 11 is 3.07. The highest BCUT2D eigenvalue weighted by molar-refractivity contribution is 14.1. The van der Waals surface area contributed by atoms with Gasteiger partial charge in [-0.05, 0) is 28.3 Å². The molecule has 1 aromatic heterocycles. The van der Waals surface area contributed by atoms with Crippen LogP contribution in [-0.4, -0.2) is 15.7 Å². The lowest BCUT2D eigenvalue weighted by Gasteiger charge is -2.00. The Morgan fingerprint density at radius 3 is 2.31 bits per heavy atom. The van der Waals surface area contributed by atoms with Crippen molar-refractivity contribution in [1.82, 2.24) is 9.97 Å². The summed E-state index contributed by atoms with van der Waals surface area (Å²) in [7, 11) is 0. The molecule has 0 atom stereocenters. The summed E-state index contributed by atoms with van der Waals surface area (Å²) in [5, 5.41) is 0. The maximum absolute atomic E-state index is 12.9. The van der Waals surface area contributed by atoms with Crippen LogP contribution in [0.1, 0.15) is 12.7 Å². The molecule has 1 rings (SSSR count). The Kier molecular flexibility index (Phi) is 4.30. The Morgan fingerprint density at radius 2 is 1.85 bits per heavy atom. The molecule has 0 amide bonds. The third kappa shape index (κ3) is 3.01. The fraction of sp³-hybridized carbons (Fsp3) is 0.429. The Bertz CT molecular complexity index is 286. The molecule has 6 heteroatoms. The molecular weight excluding hydrogens is 309 g/mol. The lowest BCUT2D eigenvalue weighted by Crippen LogP contribution is -2.03. The zero-order valence-electron chi connectivity index (χ0n) is 6.85. The molecule has 0 aliphatic carbocycles. The second kappa shape index (κ2) is 5.04. The molecule has 0 spiro atoms. The molecule has 0 unspecified atom stereocenters. The highest BCUT2D eigenvalue weighted by atomic mass is 127. The first kappa shape index (κ1) is 11.1. The number of thioether (sulfide) groups is 1. The minimum absolute atomic E-state index is 0.150. The molecular formula is C7H7F2IN2S. The predicted molar refractivity (Wildman–Crippen MR) is 56.5 cm³/mol. The van der Waals surface area contributed by atoms with Crippen LogP contribution in [0.2, 0.25) is 0 Å². The summed E-state index contributed by atoms with van der Waals surface area (Å²) in [6.45, 7) is 1.96. The second-order valence-electron chi connectivity index (χ2n) is 2.17. The van der Waals surface area contributed by atoms with E-state index in [4.69, 9.17) is 0 Å². The minimum Gasteiger partial charge on any atom is -0.202 e. The number of hydrogen-bond donors (Lipinski definition) is 0. The number of rotatable bonds is 3. The fourth-order valence-electron chi connectivity index (χ4n) is 0.693. The highest BCUT2D eigenvalue weighted by Gasteiger charge is 2.10. The highest BCUT2D eigenvalue weighted by Crippen LogP contribution is 2.14. The summed E-state index contributed by atoms with van der Waals surface area (Å²) in [5.74, 6) is -0.0262. The molecule has 0 saturated carbocycles. The molecule has 1 heterocycles. The van der Waals surface area contributed by atoms with Gasteiger partial charge in [0.2, 0.25) is 11.9 Å². The molecule has 13 heavy (non-hydrogen) atoms. The van der Waals surface area contributed by atoms with Gasteiger partial charge >= 0.3 is 0 Å². The maximum Gasteiger partial charge on any atom is 0.232 e. The normalized spacial score (nSPS) is 10.5. The van der Waals surface area contributed by atoms with Gasteiger partial charge in [0, 0.05) is 0 Å². The van der Waals surface area contributed by atoms with Crippen molar-refractivity contribution in [1.29, 1.82) is 0 Å². The number of nitrogens with zero attached hydrogens (tertiary/aromatic N) is 2. The van der Waals surface area contributed by atoms with Crippen molar-refractivity contribution in [2.75, 3.05) is 5.75 Å². The largest absolute Gasteiger partial charge is 0.232 e. The van der Waals surface area contributed by atoms with Gasteiger partial charge in [0.1, 0.15) is 9.39 Å². The van der Waals surface area contributed by atoms with Crippen LogP contribution in [0.5, 0.6) is 0 Å². The summed E-state index contributed by atoms with van der Waals surface area (Å²) in [6.07, 6.45) is 0. The van der Waals surface area contributed by atoms with E-state index in [0.29, 0.717) is 5.75 Å². The van der Waals surface area contributed by atoms with Crippen LogP contribution < -0.4 is 0 Å². The SMILES string of the molecule is CCSCc1nc(F)c(I)c(F)n1. The van der Waals surface area contributed by atoms with Crippen LogP contribution in [-0.2, 0) is 5.75 Å². The first-order valence-corrected chi connectivity index (χ1v) is 5.83. The fourth-order valence-corrected chi connectivity index (χ4v) is 1.45. The van der Waals surface area contributed by atoms with Gasteiger partial charge in [-0.2, -0.15) is 20.5 Å². The third-order valence-corrected chi connectivity index (χ3v) is 3.01. The van der Waals surface area contributed by atoms with Crippen LogP contribution in [0.15, 0.2) is 0 Å². The predicted octanol–water partition coefficient (Wildman–Crippen LogP) is 2.61. The lowest BCUT2D eigenvalue weighted by atomic mass is 10.6. The van der Waals surface area contributed by atoms with Gasteiger partial charge in [-0.25, -0.2) is 9.97 Å². The molecule has 0 radical (unpaired) electrons. The van der Waals surface area contributed by atoms with Gasteiger partial charge in [0.15, 0.2) is 0 Å². The minimum atomic E-state index is -0.778. The lowest BCUT2D eigenvalue weighted by molar-refractivity contribution is 0.504. The van der Waals surface area contributed by atoms with Crippen molar-refractivity contribution in [3.63, 3.8) is 0 Å². The van der Waals surface area contributed by atoms with Crippen molar-refractivity contribution >= 4 is 34.4 Å². The van der Waals surface area contributed by atoms with E-state index in [1.54, 1.807) is 22.6 Å². The van der Waals surface area contributed by atoms with Gasteiger partial charge in [-0.1, -0.05) is 6.92 Å². The van der Waals surface area contributed by atoms with E-state index in [1.807, 2.05) is 6.92 Å². The van der Waals surface area contributed by atoms with E-state index >= 15 is 0 Å². The van der Waals surface area contributed by atoms with E-state index in [1.165, 1.54) is 11.8 Å². The van der Waals surface area contributed by atoms with Crippen molar-refractivity contribution in [3.8, 4) is 0 Å². The first-order valence-electron chi connectivity index (χ1n) is 3.60. The Morgan fingerprint density at radius 1 is 1.31 bits per heavy atom. The van der Waals surface area contributed by atoms with Crippen LogP contribution in [0.4, 0.5) is 8.78 Å². The van der Waals surface area contributed by atoms with Crippen molar-refractivity contribution in [2.45, 2.75) is 12.7 Å². The van der Waals surface area contributed by atoms with Gasteiger partial charge in [0.25, 0.3) is 0 Å². The molecule has 2 nitrogen and oxygen atoms in total. The zero-order valence-corrected chi connectivity index (χ0v) is 9.82. The van der Waals surface area contributed by atoms with Gasteiger partial charge < -0.3 is 0 Å². The molecule has 0 aromatic carbocycles. The molecule has 0 aliphatic heterocycles. The monoisotopic (exact) mass is 316 g/mol. The van der Waals surface area contributed by atoms with Crippen molar-refractivity contribution in [3.05, 3.63) is 21.3 Å². The molecule has 0 N–H and O–H groups in total. The van der Waals surface area contributed by atoms with E-state index in [-0.39, 0.29) is 9.39 Å². The smallest absolute Gasteiger partial charge is 0.202 e. The Hall–Kier alpha value is 0.0200. The summed E-state index contributed by atoms with van der Waals surface area (Å²) in [4.78, 5) is 7.05. The Balaban J connectivity index is 2.86. The average molecular weight is 316 g/mol. The second-order valence-corrected chi connectivity index (χ2v) is 4.53. The van der Waals surface area contributed by atoms with Crippen LogP contribution >= 0.6 is 34.4 Å². The molecule has 72 valence electrons. The van der Waals surface area contributed by atoms with E-state index < -0.39 is 11.9 Å². The third-order valence-electron chi connectivity index (χ3n) is 1.25. The zero-order chi connectivity index (χ0) is 9.84. The van der Waals surface area contributed by atoms with Crippen LogP contribution in [0.25, 0.3) is 0 Å². The standard InChI is InChI=1S/C7H7F2IN2S/c1-2-13-3-4-11-6(8)5(10)7(9)12-4/h2-3H2,1H3. The van der Waals surface area contributed by atoms with E-state index in [9.17, 15) is 8.78 Å². The molecule has 0 aliphatic rings. The average Bonchev–Trinajstić information content (AvgIpc) is 2.10. The van der Waals surface area contributed by atoms with E-state index in [2.05, 4.69) is 9.97 Å². The van der Waals surface area contributed by atoms with Crippen molar-refractivity contribution < 1.29 is 8.78 Å². The number of halogens is 3. The molecule has 1 aromatic rings. The number of aromatic nitrogens is 2. The number of hydrogen-bond acceptors (Lipinski definition) is 3. The summed E-state index contributed by atoms with van der Waals surface area (Å²) < 4.78 is 25.6. The maximum atomic E-state index is 12.9. The Labute approximate surface area is 92.7 Å². The van der Waals surface area contributed by atoms with Gasteiger partial charge in [0.05, 0.1) is 5.75 Å². The summed E-state index contributed by atoms with van der Waals surface area (Å²) in [6, 6.07) is 0. The quantitative estimate of drug-likeness (QED) is 0.633. The van der Waals surface area contributed by atoms with Crippen molar-refractivity contribution in [2.24, 2.45) is 0 Å². The van der Waals surface area contributed by atoms with Gasteiger partial charge in [-0.3, -0.25) is 0 Å². The molecule has 0 bridgehead atoms. The molecule has 0 fully saturated rings. The summed E-state index contributed by atoms with van der Waals surface area (Å²) in [5.41, 5.74) is 0.